The van der Waals surface area contributed by atoms with Crippen LogP contribution < -0.4 is 0 Å². The third-order valence-electron chi connectivity index (χ3n) is 1.77. The maximum Gasteiger partial charge on any atom is 0.0899 e. The second-order valence-electron chi connectivity index (χ2n) is 2.83. The van der Waals surface area contributed by atoms with Crippen LogP contribution in [0.25, 0.3) is 0 Å². The first-order valence-electron chi connectivity index (χ1n) is 3.92. The number of benzene rings is 1. The van der Waals surface area contributed by atoms with Crippen molar-refractivity contribution < 1.29 is 5.11 Å². The zero-order valence-electron chi connectivity index (χ0n) is 7.12. The second kappa shape index (κ2) is 3.94. The predicted octanol–water partition coefficient (Wildman–Crippen LogP) is 2.05. The summed E-state index contributed by atoms with van der Waals surface area (Å²) in [7, 11) is 0. The van der Waals surface area contributed by atoms with Gasteiger partial charge in [-0.15, -0.1) is 12.3 Å². The van der Waals surface area contributed by atoms with Crippen LogP contribution in [0.1, 0.15) is 23.7 Å². The van der Waals surface area contributed by atoms with E-state index in [1.54, 1.807) is 0 Å². The van der Waals surface area contributed by atoms with Gasteiger partial charge in [0.05, 0.1) is 6.10 Å². The molecule has 0 amide bonds. The fraction of sp³-hybridized carbons (Fsp3) is 0.273. The molecule has 0 spiro atoms. The summed E-state index contributed by atoms with van der Waals surface area (Å²) in [5.74, 6) is 2.43. The van der Waals surface area contributed by atoms with Gasteiger partial charge < -0.3 is 5.11 Å². The van der Waals surface area contributed by atoms with E-state index in [2.05, 4.69) is 5.92 Å². The van der Waals surface area contributed by atoms with Gasteiger partial charge in [0.15, 0.2) is 0 Å². The van der Waals surface area contributed by atoms with E-state index in [0.717, 1.165) is 5.56 Å². The highest BCUT2D eigenvalue weighted by atomic mass is 16.3. The molecule has 0 saturated carbocycles. The summed E-state index contributed by atoms with van der Waals surface area (Å²) < 4.78 is 0. The minimum Gasteiger partial charge on any atom is -0.387 e. The summed E-state index contributed by atoms with van der Waals surface area (Å²) in [6, 6.07) is 7.73. The summed E-state index contributed by atoms with van der Waals surface area (Å²) in [4.78, 5) is 0. The van der Waals surface area contributed by atoms with Gasteiger partial charge in [0.25, 0.3) is 0 Å². The Kier molecular flexibility index (Phi) is 2.90. The summed E-state index contributed by atoms with van der Waals surface area (Å²) in [5, 5.41) is 9.47. The molecule has 1 atom stereocenters. The van der Waals surface area contributed by atoms with E-state index in [4.69, 9.17) is 6.42 Å². The molecule has 1 N–H and O–H groups in total. The average Bonchev–Trinajstić information content (AvgIpc) is 2.06. The molecule has 62 valence electrons. The molecule has 0 fully saturated rings. The first-order chi connectivity index (χ1) is 5.74. The van der Waals surface area contributed by atoms with E-state index in [-0.39, 0.29) is 0 Å². The zero-order chi connectivity index (χ0) is 8.97. The predicted molar refractivity (Wildman–Crippen MR) is 49.6 cm³/mol. The lowest BCUT2D eigenvalue weighted by Crippen LogP contribution is -1.95. The smallest absolute Gasteiger partial charge is 0.0899 e. The topological polar surface area (TPSA) is 20.2 Å². The molecule has 1 nitrogen and oxygen atoms in total. The van der Waals surface area contributed by atoms with E-state index in [0.29, 0.717) is 6.42 Å². The van der Waals surface area contributed by atoms with Gasteiger partial charge in [0.2, 0.25) is 0 Å². The van der Waals surface area contributed by atoms with Crippen molar-refractivity contribution in [3.63, 3.8) is 0 Å². The SMILES string of the molecule is C#CCC(O)c1ccc(C)cc1. The van der Waals surface area contributed by atoms with E-state index in [9.17, 15) is 5.11 Å². The van der Waals surface area contributed by atoms with Crippen LogP contribution in [0.15, 0.2) is 24.3 Å². The number of aliphatic hydroxyl groups is 1. The van der Waals surface area contributed by atoms with E-state index in [1.165, 1.54) is 5.56 Å². The fourth-order valence-electron chi connectivity index (χ4n) is 1.02. The Hall–Kier alpha value is -1.26. The van der Waals surface area contributed by atoms with Gasteiger partial charge in [-0.1, -0.05) is 29.8 Å². The van der Waals surface area contributed by atoms with Crippen molar-refractivity contribution in [3.8, 4) is 12.3 Å². The molecule has 1 heteroatoms. The lowest BCUT2D eigenvalue weighted by atomic mass is 10.1. The number of aliphatic hydroxyl groups excluding tert-OH is 1. The Balaban J connectivity index is 2.76. The van der Waals surface area contributed by atoms with Crippen molar-refractivity contribution in [1.82, 2.24) is 0 Å². The maximum atomic E-state index is 9.47. The highest BCUT2D eigenvalue weighted by Crippen LogP contribution is 2.15. The van der Waals surface area contributed by atoms with Crippen LogP contribution >= 0.6 is 0 Å². The number of rotatable bonds is 2. The molecule has 1 unspecified atom stereocenters. The molecule has 0 aromatic heterocycles. The standard InChI is InChI=1S/C11H12O/c1-3-4-11(12)10-7-5-9(2)6-8-10/h1,5-8,11-12H,4H2,2H3. The summed E-state index contributed by atoms with van der Waals surface area (Å²) in [6.45, 7) is 2.01. The van der Waals surface area contributed by atoms with E-state index in [1.807, 2.05) is 31.2 Å². The number of hydrogen-bond acceptors (Lipinski definition) is 1. The average molecular weight is 160 g/mol. The maximum absolute atomic E-state index is 9.47. The molecule has 0 heterocycles. The van der Waals surface area contributed by atoms with Crippen molar-refractivity contribution in [3.05, 3.63) is 35.4 Å². The molecule has 0 aliphatic heterocycles. The van der Waals surface area contributed by atoms with Crippen molar-refractivity contribution in [2.75, 3.05) is 0 Å². The quantitative estimate of drug-likeness (QED) is 0.656. The molecule has 1 rings (SSSR count). The molecule has 1 aromatic rings. The van der Waals surface area contributed by atoms with Crippen LogP contribution in [0.2, 0.25) is 0 Å². The number of terminal acetylenes is 1. The molecule has 0 radical (unpaired) electrons. The van der Waals surface area contributed by atoms with Crippen molar-refractivity contribution in [2.45, 2.75) is 19.4 Å². The Labute approximate surface area is 73.0 Å². The van der Waals surface area contributed by atoms with Gasteiger partial charge in [-0.05, 0) is 12.5 Å². The van der Waals surface area contributed by atoms with Crippen LogP contribution in [0.5, 0.6) is 0 Å². The number of aryl methyl sites for hydroxylation is 1. The van der Waals surface area contributed by atoms with E-state index < -0.39 is 6.10 Å². The van der Waals surface area contributed by atoms with Crippen molar-refractivity contribution >= 4 is 0 Å². The van der Waals surface area contributed by atoms with Crippen LogP contribution in [0.4, 0.5) is 0 Å². The first kappa shape index (κ1) is 8.83. The zero-order valence-corrected chi connectivity index (χ0v) is 7.12. The Morgan fingerprint density at radius 1 is 1.42 bits per heavy atom. The minimum atomic E-state index is -0.518. The van der Waals surface area contributed by atoms with Crippen LogP contribution in [0, 0.1) is 19.3 Å². The molecule has 0 bridgehead atoms. The Morgan fingerprint density at radius 3 is 2.50 bits per heavy atom. The highest BCUT2D eigenvalue weighted by molar-refractivity contribution is 5.23. The van der Waals surface area contributed by atoms with Crippen LogP contribution in [-0.4, -0.2) is 5.11 Å². The van der Waals surface area contributed by atoms with E-state index >= 15 is 0 Å². The van der Waals surface area contributed by atoms with Gasteiger partial charge in [-0.2, -0.15) is 0 Å². The van der Waals surface area contributed by atoms with Crippen LogP contribution in [-0.2, 0) is 0 Å². The Morgan fingerprint density at radius 2 is 2.00 bits per heavy atom. The lowest BCUT2D eigenvalue weighted by molar-refractivity contribution is 0.184. The summed E-state index contributed by atoms with van der Waals surface area (Å²) in [5.41, 5.74) is 2.07. The van der Waals surface area contributed by atoms with Gasteiger partial charge in [0.1, 0.15) is 0 Å². The molecule has 0 aliphatic rings. The van der Waals surface area contributed by atoms with Crippen LogP contribution in [0.3, 0.4) is 0 Å². The Bertz CT molecular complexity index is 279. The van der Waals surface area contributed by atoms with Gasteiger partial charge in [-0.3, -0.25) is 0 Å². The lowest BCUT2D eigenvalue weighted by Gasteiger charge is -2.06. The monoisotopic (exact) mass is 160 g/mol. The summed E-state index contributed by atoms with van der Waals surface area (Å²) >= 11 is 0. The minimum absolute atomic E-state index is 0.378. The third kappa shape index (κ3) is 2.11. The molecule has 12 heavy (non-hydrogen) atoms. The largest absolute Gasteiger partial charge is 0.387 e. The van der Waals surface area contributed by atoms with Crippen molar-refractivity contribution in [2.24, 2.45) is 0 Å². The third-order valence-corrected chi connectivity index (χ3v) is 1.77. The first-order valence-corrected chi connectivity index (χ1v) is 3.92. The molecule has 1 aromatic carbocycles. The fourth-order valence-corrected chi connectivity index (χ4v) is 1.02. The summed E-state index contributed by atoms with van der Waals surface area (Å²) in [6.07, 6.45) is 4.95. The molecule has 0 saturated heterocycles. The second-order valence-corrected chi connectivity index (χ2v) is 2.83. The molecular weight excluding hydrogens is 148 g/mol. The van der Waals surface area contributed by atoms with Crippen molar-refractivity contribution in [1.29, 1.82) is 0 Å². The highest BCUT2D eigenvalue weighted by Gasteiger charge is 2.03. The molecular formula is C11H12O. The van der Waals surface area contributed by atoms with Gasteiger partial charge in [-0.25, -0.2) is 0 Å². The normalized spacial score (nSPS) is 12.1. The van der Waals surface area contributed by atoms with Gasteiger partial charge in [0, 0.05) is 6.42 Å². The molecule has 0 aliphatic carbocycles. The van der Waals surface area contributed by atoms with Gasteiger partial charge >= 0.3 is 0 Å². The number of hydrogen-bond donors (Lipinski definition) is 1.